The van der Waals surface area contributed by atoms with Crippen LogP contribution in [-0.4, -0.2) is 48.3 Å². The molecule has 3 aromatic carbocycles. The van der Waals surface area contributed by atoms with E-state index in [0.717, 1.165) is 4.31 Å². The van der Waals surface area contributed by atoms with Crippen LogP contribution in [0.1, 0.15) is 24.3 Å². The number of nitrogens with zero attached hydrogens (tertiary/aromatic N) is 2. The average molecular weight is 537 g/mol. The van der Waals surface area contributed by atoms with Crippen molar-refractivity contribution in [2.24, 2.45) is 0 Å². The number of sulfone groups is 1. The quantitative estimate of drug-likeness (QED) is 0.446. The van der Waals surface area contributed by atoms with E-state index in [4.69, 9.17) is 11.6 Å². The maximum Gasteiger partial charge on any atom is 0.242 e. The summed E-state index contributed by atoms with van der Waals surface area (Å²) in [6.45, 7) is 1.14. The first-order valence-corrected chi connectivity index (χ1v) is 14.4. The van der Waals surface area contributed by atoms with Crippen molar-refractivity contribution in [3.05, 3.63) is 83.1 Å². The molecule has 35 heavy (non-hydrogen) atoms. The Labute approximate surface area is 210 Å². The summed E-state index contributed by atoms with van der Waals surface area (Å²) in [7, 11) is -4.74. The van der Waals surface area contributed by atoms with E-state index in [2.05, 4.69) is 0 Å². The first kappa shape index (κ1) is 25.6. The Kier molecular flexibility index (Phi) is 7.24. The summed E-state index contributed by atoms with van der Waals surface area (Å²) < 4.78 is 67.1. The van der Waals surface area contributed by atoms with Gasteiger partial charge in [-0.1, -0.05) is 29.8 Å². The minimum absolute atomic E-state index is 0.0146. The van der Waals surface area contributed by atoms with Gasteiger partial charge in [0.2, 0.25) is 19.9 Å². The Hall–Kier alpha value is -2.46. The summed E-state index contributed by atoms with van der Waals surface area (Å²) in [5.41, 5.74) is 1.20. The van der Waals surface area contributed by atoms with Crippen molar-refractivity contribution >= 4 is 37.1 Å². The lowest BCUT2D eigenvalue weighted by molar-refractivity contribution is 0.480. The monoisotopic (exact) mass is 536 g/mol. The summed E-state index contributed by atoms with van der Waals surface area (Å²) in [6.07, 6.45) is 1.34. The van der Waals surface area contributed by atoms with E-state index in [1.165, 1.54) is 44.4 Å². The summed E-state index contributed by atoms with van der Waals surface area (Å²) in [5, 5.41) is 0.357. The molecule has 1 aliphatic rings. The van der Waals surface area contributed by atoms with Crippen molar-refractivity contribution in [1.29, 1.82) is 0 Å². The highest BCUT2D eigenvalue weighted by atomic mass is 35.5. The first-order chi connectivity index (χ1) is 16.5. The average Bonchev–Trinajstić information content (AvgIpc) is 2.84. The van der Waals surface area contributed by atoms with Crippen molar-refractivity contribution < 1.29 is 21.2 Å². The highest BCUT2D eigenvalue weighted by Gasteiger charge is 2.28. The van der Waals surface area contributed by atoms with Gasteiger partial charge in [-0.2, -0.15) is 0 Å². The molecule has 0 unspecified atom stereocenters. The second kappa shape index (κ2) is 9.89. The Balaban J connectivity index is 1.59. The second-order valence-electron chi connectivity index (χ2n) is 8.66. The minimum Gasteiger partial charge on any atom is -0.370 e. The van der Waals surface area contributed by atoms with Crippen molar-refractivity contribution in [2.45, 2.75) is 33.4 Å². The lowest BCUT2D eigenvalue weighted by atomic mass is 9.89. The molecule has 0 spiro atoms. The fourth-order valence-corrected chi connectivity index (χ4v) is 6.88. The number of piperidine rings is 1. The predicted molar refractivity (Wildman–Crippen MR) is 135 cm³/mol. The minimum atomic E-state index is -3.90. The zero-order valence-electron chi connectivity index (χ0n) is 19.4. The maximum atomic E-state index is 14.4. The Morgan fingerprint density at radius 2 is 1.49 bits per heavy atom. The molecule has 0 bridgehead atoms. The molecule has 0 saturated carbocycles. The van der Waals surface area contributed by atoms with Crippen LogP contribution in [0.4, 0.5) is 10.1 Å². The summed E-state index contributed by atoms with van der Waals surface area (Å²) in [5.74, 6) is -0.294. The van der Waals surface area contributed by atoms with Crippen LogP contribution in [0.15, 0.2) is 81.4 Å². The van der Waals surface area contributed by atoms with E-state index >= 15 is 0 Å². The van der Waals surface area contributed by atoms with Crippen molar-refractivity contribution in [3.63, 3.8) is 0 Å². The molecule has 4 rings (SSSR count). The molecule has 10 heteroatoms. The number of hydrogen-bond donors (Lipinski definition) is 0. The van der Waals surface area contributed by atoms with E-state index < -0.39 is 19.9 Å². The second-order valence-corrected chi connectivity index (χ2v) is 13.2. The largest absolute Gasteiger partial charge is 0.370 e. The Morgan fingerprint density at radius 1 is 0.886 bits per heavy atom. The van der Waals surface area contributed by atoms with Gasteiger partial charge in [-0.05, 0) is 72.9 Å². The van der Waals surface area contributed by atoms with Gasteiger partial charge < -0.3 is 4.90 Å². The third kappa shape index (κ3) is 5.09. The molecule has 0 aromatic heterocycles. The van der Waals surface area contributed by atoms with Crippen molar-refractivity contribution in [1.82, 2.24) is 4.31 Å². The van der Waals surface area contributed by atoms with E-state index in [1.807, 2.05) is 4.90 Å². The predicted octanol–water partition coefficient (Wildman–Crippen LogP) is 4.95. The third-order valence-electron chi connectivity index (χ3n) is 6.31. The molecule has 6 nitrogen and oxygen atoms in total. The molecule has 0 atom stereocenters. The van der Waals surface area contributed by atoms with Crippen molar-refractivity contribution in [2.75, 3.05) is 32.1 Å². The smallest absolute Gasteiger partial charge is 0.242 e. The molecule has 186 valence electrons. The highest BCUT2D eigenvalue weighted by molar-refractivity contribution is 7.91. The molecule has 0 aliphatic carbocycles. The fourth-order valence-electron chi connectivity index (χ4n) is 4.34. The number of para-hydroxylation sites is 1. The number of rotatable bonds is 6. The van der Waals surface area contributed by atoms with Gasteiger partial charge in [-0.15, -0.1) is 0 Å². The molecule has 1 heterocycles. The van der Waals surface area contributed by atoms with Gasteiger partial charge in [-0.25, -0.2) is 25.5 Å². The molecular formula is C25H26ClFN2O4S2. The number of hydrogen-bond acceptors (Lipinski definition) is 5. The van der Waals surface area contributed by atoms with Gasteiger partial charge in [0, 0.05) is 32.2 Å². The molecule has 0 amide bonds. The molecular weight excluding hydrogens is 511 g/mol. The number of halogens is 2. The van der Waals surface area contributed by atoms with Crippen LogP contribution in [0.2, 0.25) is 5.02 Å². The standard InChI is InChI=1S/C25H26ClFN2O4S2/c1-28(2)35(32,33)21-10-8-20(9-11-21)34(30,31)25-6-4-3-5-24(25)29-15-13-18(14-16-29)22-12-7-19(26)17-23(22)27/h3-12,17-18H,13-16H2,1-2H3. The highest BCUT2D eigenvalue weighted by Crippen LogP contribution is 2.36. The molecule has 3 aromatic rings. The van der Waals surface area contributed by atoms with Gasteiger partial charge in [0.05, 0.1) is 20.4 Å². The first-order valence-electron chi connectivity index (χ1n) is 11.1. The molecule has 1 aliphatic heterocycles. The van der Waals surface area contributed by atoms with Crippen LogP contribution in [0.3, 0.4) is 0 Å². The van der Waals surface area contributed by atoms with Crippen LogP contribution >= 0.6 is 11.6 Å². The van der Waals surface area contributed by atoms with Gasteiger partial charge >= 0.3 is 0 Å². The number of benzene rings is 3. The Bertz CT molecular complexity index is 1430. The van der Waals surface area contributed by atoms with Gasteiger partial charge in [0.15, 0.2) is 0 Å². The van der Waals surface area contributed by atoms with Gasteiger partial charge in [0.1, 0.15) is 5.82 Å². The van der Waals surface area contributed by atoms with Crippen LogP contribution in [0.5, 0.6) is 0 Å². The number of anilines is 1. The molecule has 1 fully saturated rings. The third-order valence-corrected chi connectivity index (χ3v) is 10.2. The lowest BCUT2D eigenvalue weighted by Gasteiger charge is -2.35. The van der Waals surface area contributed by atoms with Crippen LogP contribution in [-0.2, 0) is 19.9 Å². The molecule has 1 saturated heterocycles. The topological polar surface area (TPSA) is 74.8 Å². The van der Waals surface area contributed by atoms with Crippen LogP contribution in [0.25, 0.3) is 0 Å². The van der Waals surface area contributed by atoms with Crippen LogP contribution in [0, 0.1) is 5.82 Å². The van der Waals surface area contributed by atoms with E-state index in [0.29, 0.717) is 42.2 Å². The van der Waals surface area contributed by atoms with Crippen LogP contribution < -0.4 is 4.90 Å². The Morgan fingerprint density at radius 3 is 2.09 bits per heavy atom. The van der Waals surface area contributed by atoms with Crippen molar-refractivity contribution in [3.8, 4) is 0 Å². The summed E-state index contributed by atoms with van der Waals surface area (Å²) in [4.78, 5) is 2.19. The van der Waals surface area contributed by atoms with E-state index in [1.54, 1.807) is 36.4 Å². The van der Waals surface area contributed by atoms with Gasteiger partial charge in [0.25, 0.3) is 0 Å². The fraction of sp³-hybridized carbons (Fsp3) is 0.280. The van der Waals surface area contributed by atoms with Gasteiger partial charge in [-0.3, -0.25) is 0 Å². The summed E-state index contributed by atoms with van der Waals surface area (Å²) in [6, 6.07) is 16.7. The zero-order chi connectivity index (χ0) is 25.4. The summed E-state index contributed by atoms with van der Waals surface area (Å²) >= 11 is 5.88. The lowest BCUT2D eigenvalue weighted by Crippen LogP contribution is -2.34. The normalized spacial score (nSPS) is 15.5. The van der Waals surface area contributed by atoms with E-state index in [9.17, 15) is 21.2 Å². The molecule has 0 radical (unpaired) electrons. The SMILES string of the molecule is CN(C)S(=O)(=O)c1ccc(S(=O)(=O)c2ccccc2N2CCC(c3ccc(Cl)cc3F)CC2)cc1. The molecule has 0 N–H and O–H groups in total. The number of sulfonamides is 1. The van der Waals surface area contributed by atoms with E-state index in [-0.39, 0.29) is 26.4 Å². The maximum absolute atomic E-state index is 14.4. The zero-order valence-corrected chi connectivity index (χ0v) is 21.7.